The molecule has 0 radical (unpaired) electrons. The number of hydrogen-bond donors (Lipinski definition) is 1. The quantitative estimate of drug-likeness (QED) is 0.656. The van der Waals surface area contributed by atoms with Crippen LogP contribution in [-0.2, 0) is 4.79 Å². The summed E-state index contributed by atoms with van der Waals surface area (Å²) >= 11 is 0. The third-order valence-corrected chi connectivity index (χ3v) is 4.47. The van der Waals surface area contributed by atoms with Crippen LogP contribution >= 0.6 is 0 Å². The Kier molecular flexibility index (Phi) is 5.11. The average molecular weight is 372 g/mol. The number of nitro groups is 1. The van der Waals surface area contributed by atoms with E-state index in [0.29, 0.717) is 19.4 Å². The molecule has 2 amide bonds. The molecule has 27 heavy (non-hydrogen) atoms. The molecule has 1 fully saturated rings. The summed E-state index contributed by atoms with van der Waals surface area (Å²) < 4.78 is 14.7. The van der Waals surface area contributed by atoms with E-state index >= 15 is 0 Å². The van der Waals surface area contributed by atoms with Crippen LogP contribution in [0.3, 0.4) is 0 Å². The third kappa shape index (κ3) is 3.76. The Labute approximate surface area is 154 Å². The van der Waals surface area contributed by atoms with Gasteiger partial charge in [-0.1, -0.05) is 6.07 Å². The molecule has 1 aromatic carbocycles. The number of anilines is 1. The molecule has 8 nitrogen and oxygen atoms in total. The van der Waals surface area contributed by atoms with Crippen molar-refractivity contribution in [2.45, 2.75) is 25.8 Å². The minimum atomic E-state index is -0.713. The number of hydrogen-bond acceptors (Lipinski definition) is 5. The zero-order valence-corrected chi connectivity index (χ0v) is 14.5. The van der Waals surface area contributed by atoms with Gasteiger partial charge in [0.2, 0.25) is 5.91 Å². The summed E-state index contributed by atoms with van der Waals surface area (Å²) in [4.78, 5) is 40.1. The van der Waals surface area contributed by atoms with Gasteiger partial charge in [-0.05, 0) is 25.0 Å². The Balaban J connectivity index is 1.97. The van der Waals surface area contributed by atoms with Crippen LogP contribution in [0.1, 0.15) is 41.9 Å². The van der Waals surface area contributed by atoms with E-state index in [9.17, 15) is 24.1 Å². The molecule has 1 N–H and O–H groups in total. The van der Waals surface area contributed by atoms with Crippen molar-refractivity contribution in [3.8, 4) is 0 Å². The summed E-state index contributed by atoms with van der Waals surface area (Å²) in [5.74, 6) is -1.61. The second kappa shape index (κ2) is 7.48. The second-order valence-corrected chi connectivity index (χ2v) is 6.19. The molecule has 1 saturated heterocycles. The molecule has 0 spiro atoms. The highest BCUT2D eigenvalue weighted by Crippen LogP contribution is 2.38. The predicted octanol–water partition coefficient (Wildman–Crippen LogP) is 3.06. The highest BCUT2D eigenvalue weighted by Gasteiger charge is 2.32. The maximum absolute atomic E-state index is 14.7. The van der Waals surface area contributed by atoms with Crippen molar-refractivity contribution in [3.05, 3.63) is 63.7 Å². The number of rotatable bonds is 4. The van der Waals surface area contributed by atoms with Crippen molar-refractivity contribution in [1.29, 1.82) is 0 Å². The highest BCUT2D eigenvalue weighted by molar-refractivity contribution is 6.04. The van der Waals surface area contributed by atoms with E-state index in [1.54, 1.807) is 12.1 Å². The molecule has 1 atom stereocenters. The lowest BCUT2D eigenvalue weighted by atomic mass is 10.0. The van der Waals surface area contributed by atoms with Gasteiger partial charge in [-0.3, -0.25) is 24.7 Å². The molecular weight excluding hydrogens is 355 g/mol. The number of benzene rings is 1. The lowest BCUT2D eigenvalue weighted by Gasteiger charge is -2.24. The number of carbonyl (C=O) groups excluding carboxylic acids is 2. The van der Waals surface area contributed by atoms with E-state index in [2.05, 4.69) is 10.3 Å². The van der Waals surface area contributed by atoms with Crippen LogP contribution < -0.4 is 5.32 Å². The summed E-state index contributed by atoms with van der Waals surface area (Å²) in [5.41, 5.74) is -0.574. The number of halogens is 1. The first-order chi connectivity index (χ1) is 12.9. The minimum absolute atomic E-state index is 0.0508. The topological polar surface area (TPSA) is 105 Å². The summed E-state index contributed by atoms with van der Waals surface area (Å²) in [6.45, 7) is 1.86. The number of carbonyl (C=O) groups is 2. The van der Waals surface area contributed by atoms with Crippen molar-refractivity contribution < 1.29 is 18.9 Å². The molecule has 1 aliphatic heterocycles. The Bertz CT molecular complexity index is 904. The van der Waals surface area contributed by atoms with Crippen molar-refractivity contribution in [2.24, 2.45) is 0 Å². The number of likely N-dealkylation sites (tertiary alicyclic amines) is 1. The summed E-state index contributed by atoms with van der Waals surface area (Å²) in [6.07, 6.45) is 2.62. The van der Waals surface area contributed by atoms with Crippen molar-refractivity contribution in [1.82, 2.24) is 9.88 Å². The molecule has 1 aromatic heterocycles. The number of aromatic nitrogens is 1. The van der Waals surface area contributed by atoms with E-state index in [-0.39, 0.29) is 22.9 Å². The van der Waals surface area contributed by atoms with Gasteiger partial charge < -0.3 is 10.2 Å². The first-order valence-electron chi connectivity index (χ1n) is 8.36. The molecule has 140 valence electrons. The monoisotopic (exact) mass is 372 g/mol. The fourth-order valence-corrected chi connectivity index (χ4v) is 3.23. The third-order valence-electron chi connectivity index (χ3n) is 4.47. The number of pyridine rings is 1. The van der Waals surface area contributed by atoms with Crippen LogP contribution in [0.25, 0.3) is 0 Å². The lowest BCUT2D eigenvalue weighted by Crippen LogP contribution is -2.28. The van der Waals surface area contributed by atoms with Crippen LogP contribution in [-0.4, -0.2) is 33.2 Å². The van der Waals surface area contributed by atoms with Gasteiger partial charge in [0.1, 0.15) is 17.2 Å². The van der Waals surface area contributed by atoms with Gasteiger partial charge in [0, 0.05) is 37.4 Å². The van der Waals surface area contributed by atoms with Crippen molar-refractivity contribution >= 4 is 23.2 Å². The molecule has 0 bridgehead atoms. The van der Waals surface area contributed by atoms with Gasteiger partial charge in [0.15, 0.2) is 0 Å². The van der Waals surface area contributed by atoms with Crippen LogP contribution in [0, 0.1) is 15.9 Å². The van der Waals surface area contributed by atoms with Gasteiger partial charge >= 0.3 is 0 Å². The lowest BCUT2D eigenvalue weighted by molar-refractivity contribution is -0.384. The molecule has 1 unspecified atom stereocenters. The van der Waals surface area contributed by atoms with E-state index < -0.39 is 28.4 Å². The van der Waals surface area contributed by atoms with Crippen LogP contribution in [0.2, 0.25) is 0 Å². The largest absolute Gasteiger partial charge is 0.336 e. The molecular formula is C18H17FN4O4. The van der Waals surface area contributed by atoms with E-state index in [4.69, 9.17) is 0 Å². The standard InChI is InChI=1S/C18H17FN4O4/c1-11(24)22-8-4-6-16(22)12-9-17(23(26)27)15(10-13(12)19)21-18(25)14-5-2-3-7-20-14/h2-3,5,7,9-10,16H,4,6,8H2,1H3,(H,21,25). The molecule has 2 heterocycles. The van der Waals surface area contributed by atoms with Crippen molar-refractivity contribution in [3.63, 3.8) is 0 Å². The summed E-state index contributed by atoms with van der Waals surface area (Å²) in [6, 6.07) is 6.11. The highest BCUT2D eigenvalue weighted by atomic mass is 19.1. The fourth-order valence-electron chi connectivity index (χ4n) is 3.23. The Morgan fingerprint density at radius 3 is 2.78 bits per heavy atom. The van der Waals surface area contributed by atoms with Gasteiger partial charge in [0.05, 0.1) is 11.0 Å². The molecule has 0 saturated carbocycles. The zero-order valence-electron chi connectivity index (χ0n) is 14.5. The van der Waals surface area contributed by atoms with Gasteiger partial charge in [-0.15, -0.1) is 0 Å². The number of nitrogens with one attached hydrogen (secondary N) is 1. The minimum Gasteiger partial charge on any atom is -0.336 e. The maximum atomic E-state index is 14.7. The molecule has 2 aromatic rings. The Hall–Kier alpha value is -3.36. The Morgan fingerprint density at radius 2 is 2.15 bits per heavy atom. The smallest absolute Gasteiger partial charge is 0.293 e. The molecule has 0 aliphatic carbocycles. The van der Waals surface area contributed by atoms with Gasteiger partial charge in [-0.25, -0.2) is 4.39 Å². The molecule has 3 rings (SSSR count). The van der Waals surface area contributed by atoms with Crippen LogP contribution in [0.15, 0.2) is 36.5 Å². The van der Waals surface area contributed by atoms with Gasteiger partial charge in [0.25, 0.3) is 11.6 Å². The molecule has 9 heteroatoms. The average Bonchev–Trinajstić information content (AvgIpc) is 3.12. The summed E-state index contributed by atoms with van der Waals surface area (Å²) in [5, 5.41) is 13.8. The van der Waals surface area contributed by atoms with E-state index in [1.807, 2.05) is 0 Å². The van der Waals surface area contributed by atoms with Crippen molar-refractivity contribution in [2.75, 3.05) is 11.9 Å². The predicted molar refractivity (Wildman–Crippen MR) is 94.6 cm³/mol. The number of nitrogens with zero attached hydrogens (tertiary/aromatic N) is 3. The SMILES string of the molecule is CC(=O)N1CCCC1c1cc([N+](=O)[O-])c(NC(=O)c2ccccn2)cc1F. The van der Waals surface area contributed by atoms with Crippen LogP contribution in [0.4, 0.5) is 15.8 Å². The first-order valence-corrected chi connectivity index (χ1v) is 8.36. The normalized spacial score (nSPS) is 16.2. The van der Waals surface area contributed by atoms with E-state index in [0.717, 1.165) is 12.1 Å². The number of nitro benzene ring substituents is 1. The van der Waals surface area contributed by atoms with E-state index in [1.165, 1.54) is 24.1 Å². The maximum Gasteiger partial charge on any atom is 0.293 e. The molecule has 1 aliphatic rings. The Morgan fingerprint density at radius 1 is 1.37 bits per heavy atom. The zero-order chi connectivity index (χ0) is 19.6. The second-order valence-electron chi connectivity index (χ2n) is 6.19. The number of amides is 2. The summed E-state index contributed by atoms with van der Waals surface area (Å²) in [7, 11) is 0. The fraction of sp³-hybridized carbons (Fsp3) is 0.278. The van der Waals surface area contributed by atoms with Gasteiger partial charge in [-0.2, -0.15) is 0 Å². The first kappa shape index (κ1) is 18.4. The van der Waals surface area contributed by atoms with Crippen LogP contribution in [0.5, 0.6) is 0 Å².